The van der Waals surface area contributed by atoms with Crippen LogP contribution in [0.25, 0.3) is 0 Å². The summed E-state index contributed by atoms with van der Waals surface area (Å²) in [4.78, 5) is 0. The van der Waals surface area contributed by atoms with Crippen molar-refractivity contribution < 1.29 is 0 Å². The number of unbranched alkanes of at least 4 members (excludes halogenated alkanes) is 3. The molecule has 0 aliphatic heterocycles. The summed E-state index contributed by atoms with van der Waals surface area (Å²) in [5.41, 5.74) is 3.21. The maximum atomic E-state index is 2.29. The first kappa shape index (κ1) is 12.7. The van der Waals surface area contributed by atoms with Crippen LogP contribution in [0.4, 0.5) is 0 Å². The highest BCUT2D eigenvalue weighted by Crippen LogP contribution is 2.18. The molecular weight excluding hydrogens is 156 g/mol. The zero-order valence-electron chi connectivity index (χ0n) is 10.1. The van der Waals surface area contributed by atoms with Crippen LogP contribution >= 0.6 is 0 Å². The molecular formula is C13H26. The standard InChI is InChI=1S/C13H26/c1-6-7-8-9-10-12(4)13(5)11(2)3/h11H,6-10H2,1-5H3/b13-12+. The minimum absolute atomic E-state index is 0.728. The maximum absolute atomic E-state index is 2.29. The molecule has 0 aliphatic carbocycles. The first-order valence-corrected chi connectivity index (χ1v) is 5.75. The molecule has 0 rings (SSSR count). The summed E-state index contributed by atoms with van der Waals surface area (Å²) in [6.07, 6.45) is 6.83. The number of hydrogen-bond acceptors (Lipinski definition) is 0. The Hall–Kier alpha value is -0.260. The van der Waals surface area contributed by atoms with Crippen molar-refractivity contribution in [2.75, 3.05) is 0 Å². The predicted molar refractivity (Wildman–Crippen MR) is 62.0 cm³/mol. The molecule has 0 aliphatic rings. The lowest BCUT2D eigenvalue weighted by Gasteiger charge is -2.10. The van der Waals surface area contributed by atoms with Gasteiger partial charge in [0, 0.05) is 0 Å². The van der Waals surface area contributed by atoms with Gasteiger partial charge < -0.3 is 0 Å². The van der Waals surface area contributed by atoms with Gasteiger partial charge in [-0.25, -0.2) is 0 Å². The first-order chi connectivity index (χ1) is 6.09. The van der Waals surface area contributed by atoms with Crippen LogP contribution in [-0.2, 0) is 0 Å². The van der Waals surface area contributed by atoms with Gasteiger partial charge in [-0.1, -0.05) is 51.2 Å². The van der Waals surface area contributed by atoms with Crippen LogP contribution in [0.5, 0.6) is 0 Å². The van der Waals surface area contributed by atoms with Gasteiger partial charge in [-0.15, -0.1) is 0 Å². The Kier molecular flexibility index (Phi) is 7.03. The lowest BCUT2D eigenvalue weighted by atomic mass is 9.96. The van der Waals surface area contributed by atoms with Gasteiger partial charge in [0.1, 0.15) is 0 Å². The average Bonchev–Trinajstić information content (AvgIpc) is 2.10. The van der Waals surface area contributed by atoms with Crippen molar-refractivity contribution in [2.45, 2.75) is 66.7 Å². The molecule has 0 heterocycles. The highest BCUT2D eigenvalue weighted by atomic mass is 14.1. The molecule has 0 N–H and O–H groups in total. The van der Waals surface area contributed by atoms with Gasteiger partial charge in [-0.05, 0) is 32.6 Å². The Balaban J connectivity index is 3.72. The largest absolute Gasteiger partial charge is 0.0741 e. The van der Waals surface area contributed by atoms with E-state index in [1.165, 1.54) is 32.1 Å². The van der Waals surface area contributed by atoms with Crippen LogP contribution in [0.2, 0.25) is 0 Å². The van der Waals surface area contributed by atoms with Crippen LogP contribution in [0.3, 0.4) is 0 Å². The fourth-order valence-electron chi connectivity index (χ4n) is 1.51. The van der Waals surface area contributed by atoms with Crippen molar-refractivity contribution in [3.05, 3.63) is 11.1 Å². The van der Waals surface area contributed by atoms with Crippen LogP contribution in [0, 0.1) is 5.92 Å². The molecule has 0 aromatic rings. The van der Waals surface area contributed by atoms with Gasteiger partial charge in [0.05, 0.1) is 0 Å². The smallest absolute Gasteiger partial charge is 0.0260 e. The molecule has 0 aromatic heterocycles. The number of hydrogen-bond donors (Lipinski definition) is 0. The normalized spacial score (nSPS) is 13.4. The molecule has 78 valence electrons. The molecule has 0 nitrogen and oxygen atoms in total. The third-order valence-corrected chi connectivity index (χ3v) is 2.94. The molecule has 0 fully saturated rings. The van der Waals surface area contributed by atoms with Gasteiger partial charge in [-0.3, -0.25) is 0 Å². The van der Waals surface area contributed by atoms with Gasteiger partial charge in [0.15, 0.2) is 0 Å². The van der Waals surface area contributed by atoms with E-state index < -0.39 is 0 Å². The molecule has 0 bridgehead atoms. The third kappa shape index (κ3) is 5.90. The van der Waals surface area contributed by atoms with Crippen LogP contribution in [-0.4, -0.2) is 0 Å². The van der Waals surface area contributed by atoms with Crippen molar-refractivity contribution >= 4 is 0 Å². The van der Waals surface area contributed by atoms with Crippen LogP contribution < -0.4 is 0 Å². The Morgan fingerprint density at radius 1 is 1.00 bits per heavy atom. The summed E-state index contributed by atoms with van der Waals surface area (Å²) in [7, 11) is 0. The Bertz CT molecular complexity index is 151. The molecule has 0 aromatic carbocycles. The fraction of sp³-hybridized carbons (Fsp3) is 0.846. The molecule has 0 saturated carbocycles. The van der Waals surface area contributed by atoms with E-state index >= 15 is 0 Å². The Labute approximate surface area is 84.4 Å². The molecule has 0 radical (unpaired) electrons. The van der Waals surface area contributed by atoms with E-state index in [4.69, 9.17) is 0 Å². The van der Waals surface area contributed by atoms with E-state index in [0.29, 0.717) is 0 Å². The SMILES string of the molecule is CCCCCC/C(C)=C(\C)C(C)C. The maximum Gasteiger partial charge on any atom is -0.0260 e. The summed E-state index contributed by atoms with van der Waals surface area (Å²) in [5, 5.41) is 0. The van der Waals surface area contributed by atoms with Crippen molar-refractivity contribution in [1.29, 1.82) is 0 Å². The Morgan fingerprint density at radius 3 is 2.08 bits per heavy atom. The van der Waals surface area contributed by atoms with E-state index in [-0.39, 0.29) is 0 Å². The highest BCUT2D eigenvalue weighted by Gasteiger charge is 2.01. The highest BCUT2D eigenvalue weighted by molar-refractivity contribution is 5.11. The predicted octanol–water partition coefficient (Wildman–Crippen LogP) is 4.95. The van der Waals surface area contributed by atoms with Crippen molar-refractivity contribution in [3.63, 3.8) is 0 Å². The lowest BCUT2D eigenvalue weighted by Crippen LogP contribution is -1.93. The molecule has 0 atom stereocenters. The van der Waals surface area contributed by atoms with E-state index in [9.17, 15) is 0 Å². The second-order valence-electron chi connectivity index (χ2n) is 4.43. The van der Waals surface area contributed by atoms with Crippen LogP contribution in [0.1, 0.15) is 66.7 Å². The summed E-state index contributed by atoms with van der Waals surface area (Å²) in [6.45, 7) is 11.4. The fourth-order valence-corrected chi connectivity index (χ4v) is 1.51. The zero-order valence-corrected chi connectivity index (χ0v) is 10.1. The molecule has 0 spiro atoms. The molecule has 0 saturated heterocycles. The number of allylic oxidation sites excluding steroid dienone is 2. The lowest BCUT2D eigenvalue weighted by molar-refractivity contribution is 0.653. The summed E-state index contributed by atoms with van der Waals surface area (Å²) >= 11 is 0. The van der Waals surface area contributed by atoms with Crippen LogP contribution in [0.15, 0.2) is 11.1 Å². The van der Waals surface area contributed by atoms with Gasteiger partial charge in [-0.2, -0.15) is 0 Å². The molecule has 0 unspecified atom stereocenters. The van der Waals surface area contributed by atoms with Gasteiger partial charge >= 0.3 is 0 Å². The second kappa shape index (κ2) is 7.17. The quantitative estimate of drug-likeness (QED) is 0.403. The van der Waals surface area contributed by atoms with E-state index in [1.807, 2.05) is 0 Å². The van der Waals surface area contributed by atoms with E-state index in [2.05, 4.69) is 34.6 Å². The average molecular weight is 182 g/mol. The minimum Gasteiger partial charge on any atom is -0.0741 e. The summed E-state index contributed by atoms with van der Waals surface area (Å²) < 4.78 is 0. The Morgan fingerprint density at radius 2 is 1.62 bits per heavy atom. The topological polar surface area (TPSA) is 0 Å². The minimum atomic E-state index is 0.728. The van der Waals surface area contributed by atoms with E-state index in [1.54, 1.807) is 11.1 Å². The van der Waals surface area contributed by atoms with Crippen molar-refractivity contribution in [2.24, 2.45) is 5.92 Å². The first-order valence-electron chi connectivity index (χ1n) is 5.75. The van der Waals surface area contributed by atoms with Gasteiger partial charge in [0.25, 0.3) is 0 Å². The zero-order chi connectivity index (χ0) is 10.3. The molecule has 0 amide bonds. The van der Waals surface area contributed by atoms with Crippen molar-refractivity contribution in [3.8, 4) is 0 Å². The van der Waals surface area contributed by atoms with Crippen molar-refractivity contribution in [1.82, 2.24) is 0 Å². The van der Waals surface area contributed by atoms with E-state index in [0.717, 1.165) is 5.92 Å². The second-order valence-corrected chi connectivity index (χ2v) is 4.43. The number of rotatable bonds is 6. The monoisotopic (exact) mass is 182 g/mol. The summed E-state index contributed by atoms with van der Waals surface area (Å²) in [5.74, 6) is 0.728. The summed E-state index contributed by atoms with van der Waals surface area (Å²) in [6, 6.07) is 0. The molecule has 0 heteroatoms. The van der Waals surface area contributed by atoms with Gasteiger partial charge in [0.2, 0.25) is 0 Å². The third-order valence-electron chi connectivity index (χ3n) is 2.94. The molecule has 13 heavy (non-hydrogen) atoms.